The number of nitrogens with zero attached hydrogens (tertiary/aromatic N) is 3. The SMILES string of the molecule is C(=C\c1nc(COc2ccc(CCCCn3cnc4ccccc43)cc2)co1)/c1ccccc1. The molecule has 2 aromatic heterocycles. The van der Waals surface area contributed by atoms with Crippen LogP contribution in [0.2, 0.25) is 0 Å². The minimum Gasteiger partial charge on any atom is -0.487 e. The Morgan fingerprint density at radius 2 is 1.68 bits per heavy atom. The molecule has 0 amide bonds. The number of rotatable bonds is 10. The molecule has 0 N–H and O–H groups in total. The Labute approximate surface area is 199 Å². The molecule has 34 heavy (non-hydrogen) atoms. The van der Waals surface area contributed by atoms with Gasteiger partial charge in [0.1, 0.15) is 24.3 Å². The summed E-state index contributed by atoms with van der Waals surface area (Å²) in [4.78, 5) is 8.93. The number of hydrogen-bond donors (Lipinski definition) is 0. The van der Waals surface area contributed by atoms with Gasteiger partial charge in [-0.05, 0) is 60.7 Å². The number of benzene rings is 3. The zero-order valence-electron chi connectivity index (χ0n) is 19.0. The highest BCUT2D eigenvalue weighted by Crippen LogP contribution is 2.17. The highest BCUT2D eigenvalue weighted by Gasteiger charge is 2.04. The first-order chi connectivity index (χ1) is 16.8. The van der Waals surface area contributed by atoms with Gasteiger partial charge in [0.2, 0.25) is 5.89 Å². The molecule has 5 aromatic rings. The largest absolute Gasteiger partial charge is 0.487 e. The number of hydrogen-bond acceptors (Lipinski definition) is 4. The third-order valence-corrected chi connectivity index (χ3v) is 5.74. The third-order valence-electron chi connectivity index (χ3n) is 5.74. The van der Waals surface area contributed by atoms with E-state index in [4.69, 9.17) is 9.15 Å². The molecule has 2 heterocycles. The van der Waals surface area contributed by atoms with Crippen molar-refractivity contribution in [2.75, 3.05) is 0 Å². The van der Waals surface area contributed by atoms with Gasteiger partial charge in [-0.15, -0.1) is 0 Å². The van der Waals surface area contributed by atoms with Gasteiger partial charge in [-0.2, -0.15) is 0 Å². The smallest absolute Gasteiger partial charge is 0.218 e. The standard InChI is InChI=1S/C29H27N3O2/c1-2-8-23(9-3-1)15-18-29-31-25(21-34-29)20-33-26-16-13-24(14-17-26)10-6-7-19-32-22-30-27-11-4-5-12-28(27)32/h1-5,8-9,11-18,21-22H,6-7,10,19-20H2/b18-15+. The van der Waals surface area contributed by atoms with Crippen molar-refractivity contribution in [2.45, 2.75) is 32.4 Å². The van der Waals surface area contributed by atoms with Crippen LogP contribution in [0, 0.1) is 0 Å². The van der Waals surface area contributed by atoms with Crippen LogP contribution in [0.5, 0.6) is 5.75 Å². The summed E-state index contributed by atoms with van der Waals surface area (Å²) in [5, 5.41) is 0. The summed E-state index contributed by atoms with van der Waals surface area (Å²) in [5.74, 6) is 1.40. The van der Waals surface area contributed by atoms with Crippen molar-refractivity contribution >= 4 is 23.2 Å². The first-order valence-electron chi connectivity index (χ1n) is 11.6. The van der Waals surface area contributed by atoms with Gasteiger partial charge in [0.15, 0.2) is 0 Å². The van der Waals surface area contributed by atoms with E-state index in [-0.39, 0.29) is 0 Å². The van der Waals surface area contributed by atoms with Gasteiger partial charge >= 0.3 is 0 Å². The highest BCUT2D eigenvalue weighted by atomic mass is 16.5. The minimum atomic E-state index is 0.376. The predicted molar refractivity (Wildman–Crippen MR) is 135 cm³/mol. The van der Waals surface area contributed by atoms with Crippen molar-refractivity contribution in [1.29, 1.82) is 0 Å². The Morgan fingerprint density at radius 3 is 2.56 bits per heavy atom. The molecule has 170 valence electrons. The number of fused-ring (bicyclic) bond motifs is 1. The average molecular weight is 450 g/mol. The predicted octanol–water partition coefficient (Wildman–Crippen LogP) is 6.80. The molecule has 3 aromatic carbocycles. The number of aryl methyl sites for hydroxylation is 2. The van der Waals surface area contributed by atoms with Gasteiger partial charge in [0, 0.05) is 12.6 Å². The van der Waals surface area contributed by atoms with Crippen molar-refractivity contribution < 1.29 is 9.15 Å². The molecular weight excluding hydrogens is 422 g/mol. The van der Waals surface area contributed by atoms with Crippen LogP contribution in [0.15, 0.2) is 95.9 Å². The lowest BCUT2D eigenvalue weighted by atomic mass is 10.1. The first kappa shape index (κ1) is 21.7. The maximum atomic E-state index is 5.88. The molecule has 0 aliphatic heterocycles. The van der Waals surface area contributed by atoms with Crippen molar-refractivity contribution in [1.82, 2.24) is 14.5 Å². The van der Waals surface area contributed by atoms with E-state index < -0.39 is 0 Å². The van der Waals surface area contributed by atoms with E-state index in [9.17, 15) is 0 Å². The van der Waals surface area contributed by atoms with E-state index in [0.717, 1.165) is 48.3 Å². The lowest BCUT2D eigenvalue weighted by Gasteiger charge is -2.07. The van der Waals surface area contributed by atoms with Crippen molar-refractivity contribution in [2.24, 2.45) is 0 Å². The molecule has 5 heteroatoms. The van der Waals surface area contributed by atoms with E-state index >= 15 is 0 Å². The van der Waals surface area contributed by atoms with Gasteiger partial charge in [-0.1, -0.05) is 54.6 Å². The molecule has 5 rings (SSSR count). The molecule has 0 unspecified atom stereocenters. The molecule has 0 aliphatic rings. The molecule has 0 saturated heterocycles. The van der Waals surface area contributed by atoms with Crippen LogP contribution in [0.1, 0.15) is 35.6 Å². The van der Waals surface area contributed by atoms with E-state index in [0.29, 0.717) is 12.5 Å². The second-order valence-corrected chi connectivity index (χ2v) is 8.24. The minimum absolute atomic E-state index is 0.376. The maximum absolute atomic E-state index is 5.88. The van der Waals surface area contributed by atoms with Crippen LogP contribution < -0.4 is 4.74 Å². The van der Waals surface area contributed by atoms with E-state index in [1.165, 1.54) is 11.1 Å². The number of oxazole rings is 1. The molecule has 0 aliphatic carbocycles. The van der Waals surface area contributed by atoms with Gasteiger partial charge in [-0.25, -0.2) is 9.97 Å². The van der Waals surface area contributed by atoms with Crippen LogP contribution in [-0.4, -0.2) is 14.5 Å². The van der Waals surface area contributed by atoms with Crippen molar-refractivity contribution in [3.63, 3.8) is 0 Å². The Kier molecular flexibility index (Phi) is 6.81. The first-order valence-corrected chi connectivity index (χ1v) is 11.6. The fourth-order valence-electron chi connectivity index (χ4n) is 3.91. The van der Waals surface area contributed by atoms with Gasteiger partial charge in [-0.3, -0.25) is 0 Å². The molecule has 0 fully saturated rings. The number of ether oxygens (including phenoxy) is 1. The average Bonchev–Trinajstić information content (AvgIpc) is 3.52. The Balaban J connectivity index is 1.06. The lowest BCUT2D eigenvalue weighted by molar-refractivity contribution is 0.301. The number of para-hydroxylation sites is 2. The Bertz CT molecular complexity index is 1350. The van der Waals surface area contributed by atoms with Gasteiger partial charge < -0.3 is 13.7 Å². The Hall–Kier alpha value is -4.12. The molecule has 0 atom stereocenters. The van der Waals surface area contributed by atoms with Crippen LogP contribution >= 0.6 is 0 Å². The molecule has 5 nitrogen and oxygen atoms in total. The maximum Gasteiger partial charge on any atom is 0.218 e. The Morgan fingerprint density at radius 1 is 0.853 bits per heavy atom. The van der Waals surface area contributed by atoms with Gasteiger partial charge in [0.05, 0.1) is 17.4 Å². The highest BCUT2D eigenvalue weighted by molar-refractivity contribution is 5.74. The zero-order valence-corrected chi connectivity index (χ0v) is 19.0. The topological polar surface area (TPSA) is 53.1 Å². The summed E-state index contributed by atoms with van der Waals surface area (Å²) in [6.45, 7) is 1.36. The zero-order chi connectivity index (χ0) is 23.0. The summed E-state index contributed by atoms with van der Waals surface area (Å²) >= 11 is 0. The molecule has 0 saturated carbocycles. The summed E-state index contributed by atoms with van der Waals surface area (Å²) in [6.07, 6.45) is 10.7. The second kappa shape index (κ2) is 10.7. The van der Waals surface area contributed by atoms with Crippen LogP contribution in [0.3, 0.4) is 0 Å². The summed E-state index contributed by atoms with van der Waals surface area (Å²) in [6, 6.07) is 26.7. The summed E-state index contributed by atoms with van der Waals surface area (Å²) in [7, 11) is 0. The molecule has 0 radical (unpaired) electrons. The molecular formula is C29H27N3O2. The van der Waals surface area contributed by atoms with Crippen LogP contribution in [-0.2, 0) is 19.6 Å². The summed E-state index contributed by atoms with van der Waals surface area (Å²) in [5.41, 5.74) is 5.45. The molecule has 0 spiro atoms. The van der Waals surface area contributed by atoms with Crippen molar-refractivity contribution in [3.8, 4) is 5.75 Å². The van der Waals surface area contributed by atoms with E-state index in [1.54, 1.807) is 6.26 Å². The second-order valence-electron chi connectivity index (χ2n) is 8.24. The van der Waals surface area contributed by atoms with Crippen molar-refractivity contribution in [3.05, 3.63) is 114 Å². The number of unbranched alkanes of at least 4 members (excludes halogenated alkanes) is 1. The number of imidazole rings is 1. The summed E-state index contributed by atoms with van der Waals surface area (Å²) < 4.78 is 13.6. The quantitative estimate of drug-likeness (QED) is 0.220. The lowest BCUT2D eigenvalue weighted by Crippen LogP contribution is -1.98. The fourth-order valence-corrected chi connectivity index (χ4v) is 3.91. The van der Waals surface area contributed by atoms with E-state index in [1.807, 2.05) is 67.0 Å². The monoisotopic (exact) mass is 449 g/mol. The van der Waals surface area contributed by atoms with Crippen LogP contribution in [0.4, 0.5) is 0 Å². The fraction of sp³-hybridized carbons (Fsp3) is 0.172. The molecule has 0 bridgehead atoms. The number of aromatic nitrogens is 3. The van der Waals surface area contributed by atoms with Crippen LogP contribution in [0.25, 0.3) is 23.2 Å². The third kappa shape index (κ3) is 5.62. The van der Waals surface area contributed by atoms with E-state index in [2.05, 4.69) is 44.9 Å². The normalized spacial score (nSPS) is 11.4. The van der Waals surface area contributed by atoms with Gasteiger partial charge in [0.25, 0.3) is 0 Å².